The van der Waals surface area contributed by atoms with Gasteiger partial charge in [-0.1, -0.05) is 29.8 Å². The van der Waals surface area contributed by atoms with Gasteiger partial charge in [-0.05, 0) is 42.5 Å². The molecule has 2 aromatic carbocycles. The number of carbonyl (C=O) groups excluding carboxylic acids is 2. The Bertz CT molecular complexity index is 706. The van der Waals surface area contributed by atoms with Crippen molar-refractivity contribution in [2.45, 2.75) is 0 Å². The number of halogens is 2. The summed E-state index contributed by atoms with van der Waals surface area (Å²) in [6.07, 6.45) is 1.06. The van der Waals surface area contributed by atoms with Gasteiger partial charge >= 0.3 is 5.97 Å². The Morgan fingerprint density at radius 1 is 1.05 bits per heavy atom. The SMILES string of the molecule is C=CC(=O)Oc1ccc(C(=O)c2ccc(Cl)cc2Cl)cc1. The first-order chi connectivity index (χ1) is 10.0. The van der Waals surface area contributed by atoms with Gasteiger partial charge in [0.2, 0.25) is 0 Å². The summed E-state index contributed by atoms with van der Waals surface area (Å²) < 4.78 is 4.93. The van der Waals surface area contributed by atoms with E-state index in [0.29, 0.717) is 21.9 Å². The lowest BCUT2D eigenvalue weighted by atomic mass is 10.0. The van der Waals surface area contributed by atoms with Crippen LogP contribution in [0.1, 0.15) is 15.9 Å². The van der Waals surface area contributed by atoms with E-state index in [1.807, 2.05) is 0 Å². The van der Waals surface area contributed by atoms with Crippen LogP contribution in [-0.4, -0.2) is 11.8 Å². The highest BCUT2D eigenvalue weighted by Crippen LogP contribution is 2.24. The summed E-state index contributed by atoms with van der Waals surface area (Å²) >= 11 is 11.8. The van der Waals surface area contributed by atoms with E-state index in [1.54, 1.807) is 24.3 Å². The zero-order valence-corrected chi connectivity index (χ0v) is 12.3. The molecule has 0 bridgehead atoms. The number of carbonyl (C=O) groups is 2. The molecule has 0 saturated heterocycles. The molecule has 106 valence electrons. The average molecular weight is 321 g/mol. The number of hydrogen-bond acceptors (Lipinski definition) is 3. The fourth-order valence-corrected chi connectivity index (χ4v) is 2.16. The molecule has 0 fully saturated rings. The Morgan fingerprint density at radius 3 is 2.29 bits per heavy atom. The Balaban J connectivity index is 2.23. The van der Waals surface area contributed by atoms with Crippen molar-refractivity contribution >= 4 is 35.0 Å². The van der Waals surface area contributed by atoms with E-state index >= 15 is 0 Å². The first kappa shape index (κ1) is 15.3. The molecule has 0 aliphatic carbocycles. The van der Waals surface area contributed by atoms with Gasteiger partial charge in [0.05, 0.1) is 5.02 Å². The highest BCUT2D eigenvalue weighted by Gasteiger charge is 2.13. The van der Waals surface area contributed by atoms with Gasteiger partial charge < -0.3 is 4.74 Å². The molecular formula is C16H10Cl2O3. The molecular weight excluding hydrogens is 311 g/mol. The van der Waals surface area contributed by atoms with Crippen LogP contribution >= 0.6 is 23.2 Å². The quantitative estimate of drug-likeness (QED) is 0.365. The lowest BCUT2D eigenvalue weighted by Crippen LogP contribution is -2.05. The van der Waals surface area contributed by atoms with E-state index in [0.717, 1.165) is 6.08 Å². The van der Waals surface area contributed by atoms with Crippen LogP contribution < -0.4 is 4.74 Å². The van der Waals surface area contributed by atoms with Gasteiger partial charge in [-0.2, -0.15) is 0 Å². The average Bonchev–Trinajstić information content (AvgIpc) is 2.47. The van der Waals surface area contributed by atoms with E-state index in [4.69, 9.17) is 27.9 Å². The summed E-state index contributed by atoms with van der Waals surface area (Å²) in [7, 11) is 0. The van der Waals surface area contributed by atoms with Crippen LogP contribution in [-0.2, 0) is 4.79 Å². The molecule has 0 amide bonds. The maximum absolute atomic E-state index is 12.3. The molecule has 2 aromatic rings. The van der Waals surface area contributed by atoms with Crippen molar-refractivity contribution < 1.29 is 14.3 Å². The van der Waals surface area contributed by atoms with Crippen LogP contribution in [0, 0.1) is 0 Å². The van der Waals surface area contributed by atoms with Crippen LogP contribution in [0.3, 0.4) is 0 Å². The Hall–Kier alpha value is -2.10. The standard InChI is InChI=1S/C16H10Cl2O3/c1-2-15(19)21-12-6-3-10(4-7-12)16(20)13-8-5-11(17)9-14(13)18/h2-9H,1H2. The molecule has 0 radical (unpaired) electrons. The summed E-state index contributed by atoms with van der Waals surface area (Å²) in [5.74, 6) is -0.466. The van der Waals surface area contributed by atoms with E-state index in [-0.39, 0.29) is 10.8 Å². The monoisotopic (exact) mass is 320 g/mol. The number of esters is 1. The van der Waals surface area contributed by atoms with Crippen molar-refractivity contribution in [2.24, 2.45) is 0 Å². The molecule has 3 nitrogen and oxygen atoms in total. The summed E-state index contributed by atoms with van der Waals surface area (Å²) in [5, 5.41) is 0.748. The molecule has 2 rings (SSSR count). The number of rotatable bonds is 4. The molecule has 0 spiro atoms. The van der Waals surface area contributed by atoms with E-state index in [2.05, 4.69) is 6.58 Å². The van der Waals surface area contributed by atoms with Crippen LogP contribution in [0.5, 0.6) is 5.75 Å². The summed E-state index contributed by atoms with van der Waals surface area (Å²) in [5.41, 5.74) is 0.787. The largest absolute Gasteiger partial charge is 0.423 e. The van der Waals surface area contributed by atoms with Gasteiger partial charge in [0.1, 0.15) is 5.75 Å². The first-order valence-corrected chi connectivity index (χ1v) is 6.71. The van der Waals surface area contributed by atoms with Crippen molar-refractivity contribution in [1.29, 1.82) is 0 Å². The highest BCUT2D eigenvalue weighted by molar-refractivity contribution is 6.37. The topological polar surface area (TPSA) is 43.4 Å². The smallest absolute Gasteiger partial charge is 0.335 e. The third-order valence-electron chi connectivity index (χ3n) is 2.68. The molecule has 0 aliphatic heterocycles. The Labute approximate surface area is 131 Å². The second-order valence-electron chi connectivity index (χ2n) is 4.10. The third kappa shape index (κ3) is 3.72. The maximum Gasteiger partial charge on any atom is 0.335 e. The molecule has 0 aromatic heterocycles. The molecule has 0 N–H and O–H groups in total. The molecule has 21 heavy (non-hydrogen) atoms. The normalized spacial score (nSPS) is 10.0. The third-order valence-corrected chi connectivity index (χ3v) is 3.23. The van der Waals surface area contributed by atoms with E-state index in [9.17, 15) is 9.59 Å². The van der Waals surface area contributed by atoms with Gasteiger partial charge in [0, 0.05) is 22.2 Å². The predicted octanol–water partition coefficient (Wildman–Crippen LogP) is 4.32. The Morgan fingerprint density at radius 2 is 1.71 bits per heavy atom. The van der Waals surface area contributed by atoms with Crippen molar-refractivity contribution in [3.8, 4) is 5.75 Å². The fourth-order valence-electron chi connectivity index (χ4n) is 1.66. The van der Waals surface area contributed by atoms with Crippen molar-refractivity contribution in [3.05, 3.63) is 76.3 Å². The van der Waals surface area contributed by atoms with Gasteiger partial charge in [-0.15, -0.1) is 0 Å². The minimum absolute atomic E-state index is 0.238. The number of hydrogen-bond donors (Lipinski definition) is 0. The molecule has 0 saturated carbocycles. The zero-order chi connectivity index (χ0) is 15.4. The van der Waals surface area contributed by atoms with Crippen LogP contribution in [0.25, 0.3) is 0 Å². The summed E-state index contributed by atoms with van der Waals surface area (Å²) in [6, 6.07) is 10.8. The van der Waals surface area contributed by atoms with Gasteiger partial charge in [-0.3, -0.25) is 4.79 Å². The van der Waals surface area contributed by atoms with Gasteiger partial charge in [0.25, 0.3) is 0 Å². The fraction of sp³-hybridized carbons (Fsp3) is 0. The summed E-state index contributed by atoms with van der Waals surface area (Å²) in [6.45, 7) is 3.30. The zero-order valence-electron chi connectivity index (χ0n) is 10.8. The van der Waals surface area contributed by atoms with Crippen LogP contribution in [0.2, 0.25) is 10.0 Å². The predicted molar refractivity (Wildman–Crippen MR) is 82.2 cm³/mol. The lowest BCUT2D eigenvalue weighted by Gasteiger charge is -2.05. The Kier molecular flexibility index (Phi) is 4.78. The molecule has 0 unspecified atom stereocenters. The van der Waals surface area contributed by atoms with Crippen LogP contribution in [0.15, 0.2) is 55.1 Å². The highest BCUT2D eigenvalue weighted by atomic mass is 35.5. The minimum Gasteiger partial charge on any atom is -0.423 e. The molecule has 0 aliphatic rings. The van der Waals surface area contributed by atoms with Crippen LogP contribution in [0.4, 0.5) is 0 Å². The number of ketones is 1. The molecule has 5 heteroatoms. The number of benzene rings is 2. The molecule has 0 atom stereocenters. The van der Waals surface area contributed by atoms with Crippen molar-refractivity contribution in [2.75, 3.05) is 0 Å². The first-order valence-electron chi connectivity index (χ1n) is 5.95. The maximum atomic E-state index is 12.3. The van der Waals surface area contributed by atoms with E-state index in [1.165, 1.54) is 18.2 Å². The number of ether oxygens (including phenoxy) is 1. The van der Waals surface area contributed by atoms with Gasteiger partial charge in [0.15, 0.2) is 5.78 Å². The summed E-state index contributed by atoms with van der Waals surface area (Å²) in [4.78, 5) is 23.4. The van der Waals surface area contributed by atoms with E-state index < -0.39 is 5.97 Å². The van der Waals surface area contributed by atoms with Crippen molar-refractivity contribution in [1.82, 2.24) is 0 Å². The lowest BCUT2D eigenvalue weighted by molar-refractivity contribution is -0.128. The molecule has 0 heterocycles. The van der Waals surface area contributed by atoms with Crippen molar-refractivity contribution in [3.63, 3.8) is 0 Å². The van der Waals surface area contributed by atoms with Gasteiger partial charge in [-0.25, -0.2) is 4.79 Å². The second-order valence-corrected chi connectivity index (χ2v) is 4.95. The minimum atomic E-state index is -0.560. The second kappa shape index (κ2) is 6.57.